The van der Waals surface area contributed by atoms with Crippen LogP contribution in [0.25, 0.3) is 11.3 Å². The van der Waals surface area contributed by atoms with Gasteiger partial charge < -0.3 is 4.90 Å². The standard InChI is InChI=1S/C20H15F3IN/c1-13-18(24)11-16(14-7-3-2-4-8-14)20(25(13)12-19(22)23)15-9-5-6-10-17(15)21/h2-11,19H,1,12H2. The van der Waals surface area contributed by atoms with Crippen LogP contribution in [0.4, 0.5) is 13.2 Å². The molecule has 2 aromatic rings. The molecular weight excluding hydrogens is 438 g/mol. The smallest absolute Gasteiger partial charge is 0.256 e. The van der Waals surface area contributed by atoms with Crippen LogP contribution in [0.2, 0.25) is 0 Å². The van der Waals surface area contributed by atoms with Crippen LogP contribution in [-0.4, -0.2) is 17.9 Å². The molecule has 0 saturated heterocycles. The average molecular weight is 453 g/mol. The zero-order valence-corrected chi connectivity index (χ0v) is 15.4. The average Bonchev–Trinajstić information content (AvgIpc) is 2.60. The van der Waals surface area contributed by atoms with Gasteiger partial charge in [-0.25, -0.2) is 13.2 Å². The SMILES string of the molecule is C=C1C(I)=CC(c2ccccc2)=C(c2ccccc2F)N1CC(F)F. The van der Waals surface area contributed by atoms with E-state index < -0.39 is 18.8 Å². The molecule has 0 N–H and O–H groups in total. The summed E-state index contributed by atoms with van der Waals surface area (Å²) in [5.74, 6) is -0.455. The lowest BCUT2D eigenvalue weighted by atomic mass is 9.94. The van der Waals surface area contributed by atoms with Gasteiger partial charge in [0, 0.05) is 20.4 Å². The number of allylic oxidation sites excluding steroid dienone is 3. The summed E-state index contributed by atoms with van der Waals surface area (Å²) in [7, 11) is 0. The molecule has 1 aliphatic heterocycles. The third kappa shape index (κ3) is 3.66. The highest BCUT2D eigenvalue weighted by molar-refractivity contribution is 14.1. The minimum atomic E-state index is -2.57. The third-order valence-electron chi connectivity index (χ3n) is 3.93. The highest BCUT2D eigenvalue weighted by Crippen LogP contribution is 2.42. The number of hydrogen-bond donors (Lipinski definition) is 0. The van der Waals surface area contributed by atoms with Crippen molar-refractivity contribution in [3.05, 3.63) is 93.5 Å². The van der Waals surface area contributed by atoms with E-state index >= 15 is 0 Å². The Bertz CT molecular complexity index is 856. The van der Waals surface area contributed by atoms with Crippen molar-refractivity contribution >= 4 is 33.9 Å². The van der Waals surface area contributed by atoms with E-state index in [1.807, 2.05) is 36.4 Å². The highest BCUT2D eigenvalue weighted by Gasteiger charge is 2.28. The van der Waals surface area contributed by atoms with Crippen molar-refractivity contribution in [1.29, 1.82) is 0 Å². The lowest BCUT2D eigenvalue weighted by molar-refractivity contribution is 0.123. The van der Waals surface area contributed by atoms with Crippen LogP contribution in [0.5, 0.6) is 0 Å². The van der Waals surface area contributed by atoms with Crippen molar-refractivity contribution in [2.45, 2.75) is 6.43 Å². The largest absolute Gasteiger partial charge is 0.334 e. The Morgan fingerprint density at radius 3 is 2.28 bits per heavy atom. The Labute approximate surface area is 158 Å². The van der Waals surface area contributed by atoms with E-state index in [4.69, 9.17) is 0 Å². The molecule has 0 amide bonds. The summed E-state index contributed by atoms with van der Waals surface area (Å²) in [5, 5.41) is 0. The van der Waals surface area contributed by atoms with Crippen LogP contribution in [-0.2, 0) is 0 Å². The minimum absolute atomic E-state index is 0.281. The monoisotopic (exact) mass is 453 g/mol. The molecule has 0 saturated carbocycles. The zero-order chi connectivity index (χ0) is 18.0. The third-order valence-corrected chi connectivity index (χ3v) is 4.87. The molecule has 5 heteroatoms. The van der Waals surface area contributed by atoms with E-state index in [0.29, 0.717) is 17.0 Å². The second-order valence-corrected chi connectivity index (χ2v) is 6.71. The van der Waals surface area contributed by atoms with Gasteiger partial charge in [-0.1, -0.05) is 49.0 Å². The maximum Gasteiger partial charge on any atom is 0.256 e. The van der Waals surface area contributed by atoms with E-state index in [0.717, 1.165) is 9.14 Å². The zero-order valence-electron chi connectivity index (χ0n) is 13.2. The van der Waals surface area contributed by atoms with Gasteiger partial charge in [0.25, 0.3) is 6.43 Å². The van der Waals surface area contributed by atoms with Crippen LogP contribution in [0, 0.1) is 5.82 Å². The Morgan fingerprint density at radius 2 is 1.64 bits per heavy atom. The number of rotatable bonds is 4. The second kappa shape index (κ2) is 7.47. The van der Waals surface area contributed by atoms with Crippen molar-refractivity contribution in [3.8, 4) is 0 Å². The van der Waals surface area contributed by atoms with E-state index in [1.165, 1.54) is 11.0 Å². The Kier molecular flexibility index (Phi) is 5.32. The molecule has 0 fully saturated rings. The van der Waals surface area contributed by atoms with Crippen LogP contribution >= 0.6 is 22.6 Å². The highest BCUT2D eigenvalue weighted by atomic mass is 127. The van der Waals surface area contributed by atoms with Crippen molar-refractivity contribution in [1.82, 2.24) is 4.90 Å². The molecule has 0 aliphatic carbocycles. The topological polar surface area (TPSA) is 3.24 Å². The van der Waals surface area contributed by atoms with Crippen molar-refractivity contribution in [2.75, 3.05) is 6.54 Å². The summed E-state index contributed by atoms with van der Waals surface area (Å²) in [6.07, 6.45) is -0.708. The van der Waals surface area contributed by atoms with Gasteiger partial charge in [-0.2, -0.15) is 0 Å². The summed E-state index contributed by atoms with van der Waals surface area (Å²) in [4.78, 5) is 1.41. The number of benzene rings is 2. The first kappa shape index (κ1) is 17.8. The Morgan fingerprint density at radius 1 is 1.00 bits per heavy atom. The lowest BCUT2D eigenvalue weighted by Gasteiger charge is -2.34. The van der Waals surface area contributed by atoms with Gasteiger partial charge in [-0.3, -0.25) is 0 Å². The van der Waals surface area contributed by atoms with Gasteiger partial charge in [0.2, 0.25) is 0 Å². The van der Waals surface area contributed by atoms with Crippen molar-refractivity contribution in [2.24, 2.45) is 0 Å². The molecule has 3 rings (SSSR count). The molecule has 25 heavy (non-hydrogen) atoms. The second-order valence-electron chi connectivity index (χ2n) is 5.55. The normalized spacial score (nSPS) is 15.0. The van der Waals surface area contributed by atoms with Gasteiger partial charge in [0.05, 0.1) is 12.2 Å². The first-order valence-corrected chi connectivity index (χ1v) is 8.73. The number of hydrogen-bond acceptors (Lipinski definition) is 1. The van der Waals surface area contributed by atoms with E-state index in [2.05, 4.69) is 29.2 Å². The van der Waals surface area contributed by atoms with Gasteiger partial charge in [0.15, 0.2) is 0 Å². The molecular formula is C20H15F3IN. The van der Waals surface area contributed by atoms with Gasteiger partial charge in [-0.05, 0) is 46.4 Å². The fraction of sp³-hybridized carbons (Fsp3) is 0.100. The van der Waals surface area contributed by atoms with E-state index in [9.17, 15) is 13.2 Å². The molecule has 1 nitrogen and oxygen atoms in total. The van der Waals surface area contributed by atoms with Crippen LogP contribution in [0.1, 0.15) is 11.1 Å². The first-order valence-electron chi connectivity index (χ1n) is 7.66. The van der Waals surface area contributed by atoms with Crippen LogP contribution in [0.15, 0.2) is 76.5 Å². The quantitative estimate of drug-likeness (QED) is 0.506. The molecule has 0 bridgehead atoms. The maximum atomic E-state index is 14.5. The maximum absolute atomic E-state index is 14.5. The van der Waals surface area contributed by atoms with Crippen LogP contribution in [0.3, 0.4) is 0 Å². The molecule has 0 radical (unpaired) electrons. The van der Waals surface area contributed by atoms with Gasteiger partial charge in [-0.15, -0.1) is 0 Å². The molecule has 1 aliphatic rings. The summed E-state index contributed by atoms with van der Waals surface area (Å²) in [5.41, 5.74) is 2.67. The predicted octanol–water partition coefficient (Wildman–Crippen LogP) is 6.11. The summed E-state index contributed by atoms with van der Waals surface area (Å²) in [6.45, 7) is 3.38. The summed E-state index contributed by atoms with van der Waals surface area (Å²) < 4.78 is 41.7. The fourth-order valence-electron chi connectivity index (χ4n) is 2.81. The number of halogens is 4. The Hall–Kier alpha value is -2.02. The molecule has 128 valence electrons. The number of nitrogens with zero attached hydrogens (tertiary/aromatic N) is 1. The fourth-order valence-corrected chi connectivity index (χ4v) is 3.41. The summed E-state index contributed by atoms with van der Waals surface area (Å²) >= 11 is 2.07. The minimum Gasteiger partial charge on any atom is -0.334 e. The van der Waals surface area contributed by atoms with Gasteiger partial charge in [0.1, 0.15) is 5.82 Å². The van der Waals surface area contributed by atoms with Crippen molar-refractivity contribution in [3.63, 3.8) is 0 Å². The lowest BCUT2D eigenvalue weighted by Crippen LogP contribution is -2.29. The number of alkyl halides is 2. The van der Waals surface area contributed by atoms with Crippen molar-refractivity contribution < 1.29 is 13.2 Å². The van der Waals surface area contributed by atoms with Gasteiger partial charge >= 0.3 is 0 Å². The molecule has 2 aromatic carbocycles. The molecule has 0 aromatic heterocycles. The van der Waals surface area contributed by atoms with E-state index in [-0.39, 0.29) is 5.56 Å². The Balaban J connectivity index is 2.30. The van der Waals surface area contributed by atoms with E-state index in [1.54, 1.807) is 18.2 Å². The van der Waals surface area contributed by atoms with Crippen LogP contribution < -0.4 is 0 Å². The first-order chi connectivity index (χ1) is 12.0. The summed E-state index contributed by atoms with van der Waals surface area (Å²) in [6, 6.07) is 15.6. The molecule has 0 unspecified atom stereocenters. The molecule has 0 spiro atoms. The molecule has 0 atom stereocenters. The predicted molar refractivity (Wildman–Crippen MR) is 104 cm³/mol. The molecule has 1 heterocycles.